The summed E-state index contributed by atoms with van der Waals surface area (Å²) in [5.74, 6) is -2.63. The summed E-state index contributed by atoms with van der Waals surface area (Å²) in [7, 11) is 0. The van der Waals surface area contributed by atoms with Crippen LogP contribution in [0.4, 0.5) is 0 Å². The molecule has 4 heterocycles. The lowest BCUT2D eigenvalue weighted by Gasteiger charge is -2.29. The zero-order valence-electron chi connectivity index (χ0n) is 27.2. The monoisotopic (exact) mass is 662 g/mol. The van der Waals surface area contributed by atoms with Gasteiger partial charge < -0.3 is 25.4 Å². The molecule has 1 aliphatic carbocycles. The van der Waals surface area contributed by atoms with Gasteiger partial charge in [0.15, 0.2) is 0 Å². The van der Waals surface area contributed by atoms with Crippen LogP contribution in [0.5, 0.6) is 5.88 Å². The van der Waals surface area contributed by atoms with Crippen molar-refractivity contribution in [1.29, 1.82) is 0 Å². The summed E-state index contributed by atoms with van der Waals surface area (Å²) in [5.41, 5.74) is 0.0399. The van der Waals surface area contributed by atoms with Crippen LogP contribution in [0.15, 0.2) is 73.1 Å². The number of amides is 3. The van der Waals surface area contributed by atoms with Gasteiger partial charge in [-0.3, -0.25) is 19.4 Å². The Hall–Kier alpha value is -5.39. The molecular formula is C37H38N6O6. The highest BCUT2D eigenvalue weighted by atomic mass is 16.5. The number of carbonyl (C=O) groups is 4. The van der Waals surface area contributed by atoms with E-state index in [1.807, 2.05) is 60.7 Å². The molecule has 12 heteroatoms. The summed E-state index contributed by atoms with van der Waals surface area (Å²) >= 11 is 0. The number of para-hydroxylation sites is 1. The van der Waals surface area contributed by atoms with Crippen LogP contribution in [0.1, 0.15) is 61.1 Å². The van der Waals surface area contributed by atoms with Crippen LogP contribution in [-0.4, -0.2) is 78.9 Å². The fourth-order valence-corrected chi connectivity index (χ4v) is 7.01. The maximum absolute atomic E-state index is 14.4. The van der Waals surface area contributed by atoms with E-state index in [0.717, 1.165) is 40.9 Å². The molecule has 2 aliphatic heterocycles. The number of rotatable bonds is 5. The number of nitrogens with zero attached hydrogens (tertiary/aromatic N) is 4. The largest absolute Gasteiger partial charge is 0.479 e. The predicted molar refractivity (Wildman–Crippen MR) is 181 cm³/mol. The van der Waals surface area contributed by atoms with E-state index in [1.54, 1.807) is 6.92 Å². The third-order valence-corrected chi connectivity index (χ3v) is 9.79. The molecule has 1 saturated heterocycles. The van der Waals surface area contributed by atoms with Gasteiger partial charge in [-0.25, -0.2) is 14.8 Å². The van der Waals surface area contributed by atoms with Crippen LogP contribution in [0, 0.1) is 12.8 Å². The highest BCUT2D eigenvalue weighted by Gasteiger charge is 2.61. The Morgan fingerprint density at radius 3 is 2.55 bits per heavy atom. The molecule has 3 N–H and O–H groups in total. The molecule has 1 saturated carbocycles. The van der Waals surface area contributed by atoms with Gasteiger partial charge in [0.2, 0.25) is 17.7 Å². The highest BCUT2D eigenvalue weighted by molar-refractivity contribution is 6.07. The molecular weight excluding hydrogens is 624 g/mol. The molecule has 49 heavy (non-hydrogen) atoms. The minimum atomic E-state index is -1.44. The number of aromatic nitrogens is 3. The Morgan fingerprint density at radius 2 is 1.78 bits per heavy atom. The predicted octanol–water partition coefficient (Wildman–Crippen LogP) is 4.11. The number of carboxylic acid groups (broad SMARTS) is 1. The quantitative estimate of drug-likeness (QED) is 0.211. The highest BCUT2D eigenvalue weighted by Crippen LogP contribution is 2.45. The first-order valence-electron chi connectivity index (χ1n) is 16.8. The van der Waals surface area contributed by atoms with Gasteiger partial charge in [0, 0.05) is 29.3 Å². The van der Waals surface area contributed by atoms with Crippen molar-refractivity contribution in [2.45, 2.75) is 75.6 Å². The van der Waals surface area contributed by atoms with Gasteiger partial charge in [0.1, 0.15) is 29.4 Å². The third kappa shape index (κ3) is 6.42. The van der Waals surface area contributed by atoms with Gasteiger partial charge in [-0.2, -0.15) is 0 Å². The molecule has 7 rings (SSSR count). The summed E-state index contributed by atoms with van der Waals surface area (Å²) < 4.78 is 6.52. The van der Waals surface area contributed by atoms with Gasteiger partial charge in [-0.1, -0.05) is 61.4 Å². The number of aliphatic carboxylic acids is 1. The van der Waals surface area contributed by atoms with Gasteiger partial charge >= 0.3 is 5.97 Å². The van der Waals surface area contributed by atoms with E-state index >= 15 is 0 Å². The van der Waals surface area contributed by atoms with E-state index in [-0.39, 0.29) is 31.0 Å². The molecule has 0 spiro atoms. The second-order valence-electron chi connectivity index (χ2n) is 13.2. The number of allylic oxidation sites excluding steroid dienone is 1. The molecule has 5 atom stereocenters. The number of aryl methyl sites for hydroxylation is 1. The van der Waals surface area contributed by atoms with E-state index < -0.39 is 47.4 Å². The van der Waals surface area contributed by atoms with Crippen LogP contribution in [-0.2, 0) is 14.4 Å². The number of ether oxygens (including phenoxy) is 1. The molecule has 3 amide bonds. The van der Waals surface area contributed by atoms with Crippen molar-refractivity contribution in [3.63, 3.8) is 0 Å². The van der Waals surface area contributed by atoms with Crippen molar-refractivity contribution >= 4 is 45.4 Å². The SMILES string of the molecule is Cc1cnc(C(=O)N[C@H]2CCCCC/C=C\[C@@H]3C[C@@]3(C(=O)O)NC(=O)[C@@H]3C[C@@H](Oc4nc5ccccc5c5ccccc45)CN3C2=O)cn1. The third-order valence-electron chi connectivity index (χ3n) is 9.79. The second kappa shape index (κ2) is 13.3. The Bertz CT molecular complexity index is 1960. The fraction of sp³-hybridized carbons (Fsp3) is 0.378. The Kier molecular flexibility index (Phi) is 8.70. The minimum absolute atomic E-state index is 0.0415. The topological polar surface area (TPSA) is 164 Å². The van der Waals surface area contributed by atoms with Crippen molar-refractivity contribution in [2.24, 2.45) is 5.92 Å². The maximum atomic E-state index is 14.4. The number of benzene rings is 2. The van der Waals surface area contributed by atoms with Crippen LogP contribution in [0.3, 0.4) is 0 Å². The standard InChI is InChI=1S/C37H38N6O6/c1-22-19-39-30(20-38-22)32(44)40-29-16-6-4-2-3-5-11-23-18-37(23,36(47)48)42-33(45)31-17-24(21-43(31)35(29)46)49-34-27-14-8-7-12-25(27)26-13-9-10-15-28(26)41-34/h5,7-15,19-20,23-24,29,31H,2-4,6,16-18,21H2,1H3,(H,40,44)(H,42,45)(H,47,48)/b11-5-/t23-,24-,29+,31+,37-/m1/s1. The van der Waals surface area contributed by atoms with Crippen LogP contribution < -0.4 is 15.4 Å². The van der Waals surface area contributed by atoms with Crippen LogP contribution in [0.25, 0.3) is 21.7 Å². The summed E-state index contributed by atoms with van der Waals surface area (Å²) in [6.45, 7) is 1.80. The van der Waals surface area contributed by atoms with Crippen molar-refractivity contribution in [3.8, 4) is 5.88 Å². The van der Waals surface area contributed by atoms with Crippen LogP contribution in [0.2, 0.25) is 0 Å². The Morgan fingerprint density at radius 1 is 1.00 bits per heavy atom. The van der Waals surface area contributed by atoms with Gasteiger partial charge in [-0.05, 0) is 50.1 Å². The van der Waals surface area contributed by atoms with Crippen molar-refractivity contribution in [1.82, 2.24) is 30.5 Å². The molecule has 0 unspecified atom stereocenters. The van der Waals surface area contributed by atoms with E-state index in [0.29, 0.717) is 24.4 Å². The minimum Gasteiger partial charge on any atom is -0.479 e. The Labute approximate surface area is 283 Å². The van der Waals surface area contributed by atoms with Gasteiger partial charge in [0.05, 0.1) is 24.0 Å². The average Bonchev–Trinajstić information content (AvgIpc) is 3.64. The van der Waals surface area contributed by atoms with E-state index in [1.165, 1.54) is 17.3 Å². The molecule has 4 aromatic rings. The smallest absolute Gasteiger partial charge is 0.330 e. The number of carbonyl (C=O) groups excluding carboxylic acids is 3. The number of hydrogen-bond acceptors (Lipinski definition) is 8. The molecule has 2 aromatic heterocycles. The maximum Gasteiger partial charge on any atom is 0.330 e. The summed E-state index contributed by atoms with van der Waals surface area (Å²) in [4.78, 5) is 68.8. The van der Waals surface area contributed by atoms with Crippen molar-refractivity contribution < 1.29 is 29.0 Å². The normalized spacial score (nSPS) is 26.5. The van der Waals surface area contributed by atoms with E-state index in [9.17, 15) is 24.3 Å². The first-order valence-corrected chi connectivity index (χ1v) is 16.8. The lowest BCUT2D eigenvalue weighted by Crippen LogP contribution is -2.56. The van der Waals surface area contributed by atoms with Crippen LogP contribution >= 0.6 is 0 Å². The van der Waals surface area contributed by atoms with Gasteiger partial charge in [0.25, 0.3) is 5.91 Å². The number of carboxylic acids is 1. The average molecular weight is 663 g/mol. The Balaban J connectivity index is 1.21. The molecule has 3 aliphatic rings. The molecule has 0 radical (unpaired) electrons. The lowest BCUT2D eigenvalue weighted by atomic mass is 10.0. The fourth-order valence-electron chi connectivity index (χ4n) is 7.01. The number of nitrogens with one attached hydrogen (secondary N) is 2. The van der Waals surface area contributed by atoms with E-state index in [4.69, 9.17) is 9.72 Å². The lowest BCUT2D eigenvalue weighted by molar-refractivity contribution is -0.145. The molecule has 12 nitrogen and oxygen atoms in total. The second-order valence-corrected chi connectivity index (χ2v) is 13.2. The first kappa shape index (κ1) is 32.2. The molecule has 2 aromatic carbocycles. The first-order chi connectivity index (χ1) is 23.7. The van der Waals surface area contributed by atoms with Crippen molar-refractivity contribution in [3.05, 3.63) is 84.5 Å². The molecule has 252 valence electrons. The number of hydrogen-bond donors (Lipinski definition) is 3. The number of fused-ring (bicyclic) bond motifs is 5. The van der Waals surface area contributed by atoms with Gasteiger partial charge in [-0.15, -0.1) is 0 Å². The summed E-state index contributed by atoms with van der Waals surface area (Å²) in [6.07, 6.45) is 9.83. The van der Waals surface area contributed by atoms with E-state index in [2.05, 4.69) is 20.6 Å². The summed E-state index contributed by atoms with van der Waals surface area (Å²) in [5, 5.41) is 18.6. The molecule has 2 fully saturated rings. The molecule has 0 bridgehead atoms. The zero-order chi connectivity index (χ0) is 34.1. The van der Waals surface area contributed by atoms with Crippen molar-refractivity contribution in [2.75, 3.05) is 6.54 Å². The zero-order valence-corrected chi connectivity index (χ0v) is 27.2. The number of pyridine rings is 1. The summed E-state index contributed by atoms with van der Waals surface area (Å²) in [6, 6.07) is 13.5.